The molecule has 1 aromatic heterocycles. The lowest BCUT2D eigenvalue weighted by Crippen LogP contribution is -2.26. The lowest BCUT2D eigenvalue weighted by molar-refractivity contribution is 0.501. The molecule has 2 aromatic carbocycles. The topological polar surface area (TPSA) is 85.1 Å². The highest BCUT2D eigenvalue weighted by molar-refractivity contribution is 7.89. The fourth-order valence-corrected chi connectivity index (χ4v) is 3.55. The normalized spacial score (nSPS) is 11.7. The van der Waals surface area contributed by atoms with Gasteiger partial charge in [0.05, 0.1) is 4.90 Å². The van der Waals surface area contributed by atoms with E-state index in [1.165, 1.54) is 19.1 Å². The molecule has 0 saturated heterocycles. The summed E-state index contributed by atoms with van der Waals surface area (Å²) in [5.74, 6) is 0.287. The summed E-state index contributed by atoms with van der Waals surface area (Å²) < 4.78 is 45.9. The van der Waals surface area contributed by atoms with Gasteiger partial charge >= 0.3 is 0 Å². The number of rotatable bonds is 6. The van der Waals surface area contributed by atoms with Crippen molar-refractivity contribution in [2.45, 2.75) is 25.2 Å². The van der Waals surface area contributed by atoms with Crippen LogP contribution < -0.4 is 4.72 Å². The van der Waals surface area contributed by atoms with E-state index in [0.29, 0.717) is 11.8 Å². The molecule has 0 amide bonds. The van der Waals surface area contributed by atoms with Gasteiger partial charge in [-0.25, -0.2) is 17.5 Å². The van der Waals surface area contributed by atoms with Crippen LogP contribution in [-0.4, -0.2) is 25.2 Å². The second-order valence-electron chi connectivity index (χ2n) is 5.87. The lowest BCUT2D eigenvalue weighted by atomic mass is 10.1. The first-order valence-corrected chi connectivity index (χ1v) is 9.49. The Morgan fingerprint density at radius 3 is 2.58 bits per heavy atom. The predicted octanol–water partition coefficient (Wildman–Crippen LogP) is 3.01. The van der Waals surface area contributed by atoms with Gasteiger partial charge < -0.3 is 4.42 Å². The molecule has 136 valence electrons. The first-order chi connectivity index (χ1) is 12.4. The third-order valence-electron chi connectivity index (χ3n) is 3.91. The summed E-state index contributed by atoms with van der Waals surface area (Å²) in [6.45, 7) is 3.55. The molecule has 0 atom stereocenters. The maximum Gasteiger partial charge on any atom is 0.247 e. The summed E-state index contributed by atoms with van der Waals surface area (Å²) in [5.41, 5.74) is 2.12. The second-order valence-corrected chi connectivity index (χ2v) is 7.64. The molecule has 8 heteroatoms. The van der Waals surface area contributed by atoms with Crippen LogP contribution in [0.1, 0.15) is 17.0 Å². The van der Waals surface area contributed by atoms with Crippen LogP contribution in [0.5, 0.6) is 0 Å². The highest BCUT2D eigenvalue weighted by atomic mass is 32.2. The van der Waals surface area contributed by atoms with E-state index in [9.17, 15) is 12.8 Å². The third kappa shape index (κ3) is 3.97. The zero-order chi connectivity index (χ0) is 18.7. The first-order valence-electron chi connectivity index (χ1n) is 8.01. The molecule has 0 radical (unpaired) electrons. The Morgan fingerprint density at radius 2 is 1.85 bits per heavy atom. The molecule has 1 N–H and O–H groups in total. The van der Waals surface area contributed by atoms with Gasteiger partial charge in [-0.2, -0.15) is 0 Å². The van der Waals surface area contributed by atoms with E-state index in [2.05, 4.69) is 14.9 Å². The number of nitrogens with zero attached hydrogens (tertiary/aromatic N) is 2. The molecule has 0 saturated carbocycles. The molecule has 26 heavy (non-hydrogen) atoms. The van der Waals surface area contributed by atoms with Crippen LogP contribution in [-0.2, 0) is 16.4 Å². The Hall–Kier alpha value is -2.58. The van der Waals surface area contributed by atoms with Crippen molar-refractivity contribution in [3.63, 3.8) is 0 Å². The number of halogens is 1. The highest BCUT2D eigenvalue weighted by Gasteiger charge is 2.16. The van der Waals surface area contributed by atoms with Crippen LogP contribution in [0.3, 0.4) is 0 Å². The van der Waals surface area contributed by atoms with Gasteiger partial charge in [0.25, 0.3) is 0 Å². The van der Waals surface area contributed by atoms with Crippen molar-refractivity contribution in [2.24, 2.45) is 0 Å². The molecule has 3 aromatic rings. The number of sulfonamides is 1. The fraction of sp³-hybridized carbons (Fsp3) is 0.222. The minimum Gasteiger partial charge on any atom is -0.421 e. The molecular formula is C18H18FN3O3S. The van der Waals surface area contributed by atoms with Crippen molar-refractivity contribution < 1.29 is 17.2 Å². The molecule has 0 aliphatic heterocycles. The van der Waals surface area contributed by atoms with Gasteiger partial charge in [-0.05, 0) is 49.2 Å². The molecular weight excluding hydrogens is 357 g/mol. The minimum absolute atomic E-state index is 0.0162. The Balaban J connectivity index is 1.65. The van der Waals surface area contributed by atoms with E-state index in [0.717, 1.165) is 17.2 Å². The SMILES string of the molecule is Cc1cc(S(=O)(=O)NCCc2nnc(-c3ccccc3C)o2)ccc1F. The number of nitrogens with one attached hydrogen (secondary N) is 1. The highest BCUT2D eigenvalue weighted by Crippen LogP contribution is 2.21. The van der Waals surface area contributed by atoms with Crippen LogP contribution in [0.15, 0.2) is 51.8 Å². The maximum atomic E-state index is 13.3. The molecule has 0 fully saturated rings. The van der Waals surface area contributed by atoms with E-state index in [1.807, 2.05) is 31.2 Å². The van der Waals surface area contributed by atoms with Crippen LogP contribution in [0.2, 0.25) is 0 Å². The molecule has 0 bridgehead atoms. The number of hydrogen-bond acceptors (Lipinski definition) is 5. The summed E-state index contributed by atoms with van der Waals surface area (Å²) in [5, 5.41) is 7.96. The van der Waals surface area contributed by atoms with Crippen molar-refractivity contribution in [1.82, 2.24) is 14.9 Å². The number of aromatic nitrogens is 2. The van der Waals surface area contributed by atoms with Crippen LogP contribution in [0.25, 0.3) is 11.5 Å². The quantitative estimate of drug-likeness (QED) is 0.716. The van der Waals surface area contributed by atoms with E-state index < -0.39 is 15.8 Å². The second kappa shape index (κ2) is 7.35. The van der Waals surface area contributed by atoms with Crippen molar-refractivity contribution >= 4 is 10.0 Å². The molecule has 0 unspecified atom stereocenters. The van der Waals surface area contributed by atoms with Crippen molar-refractivity contribution in [3.05, 3.63) is 65.3 Å². The van der Waals surface area contributed by atoms with Gasteiger partial charge in [0, 0.05) is 18.5 Å². The van der Waals surface area contributed by atoms with Crippen molar-refractivity contribution in [1.29, 1.82) is 0 Å². The van der Waals surface area contributed by atoms with Gasteiger partial charge in [-0.3, -0.25) is 0 Å². The fourth-order valence-electron chi connectivity index (χ4n) is 2.44. The van der Waals surface area contributed by atoms with Gasteiger partial charge in [0.2, 0.25) is 21.8 Å². The molecule has 1 heterocycles. The summed E-state index contributed by atoms with van der Waals surface area (Å²) in [6, 6.07) is 11.3. The Morgan fingerprint density at radius 1 is 1.08 bits per heavy atom. The molecule has 6 nitrogen and oxygen atoms in total. The number of hydrogen-bond donors (Lipinski definition) is 1. The summed E-state index contributed by atoms with van der Waals surface area (Å²) in [6.07, 6.45) is 0.248. The average molecular weight is 375 g/mol. The standard InChI is InChI=1S/C18H18FN3O3S/c1-12-5-3-4-6-15(12)18-22-21-17(25-18)9-10-20-26(23,24)14-7-8-16(19)13(2)11-14/h3-8,11,20H,9-10H2,1-2H3. The maximum absolute atomic E-state index is 13.3. The van der Waals surface area contributed by atoms with E-state index in [4.69, 9.17) is 4.42 Å². The smallest absolute Gasteiger partial charge is 0.247 e. The minimum atomic E-state index is -3.73. The van der Waals surface area contributed by atoms with Gasteiger partial charge in [-0.15, -0.1) is 10.2 Å². The first kappa shape index (κ1) is 18.2. The number of benzene rings is 2. The summed E-state index contributed by atoms with van der Waals surface area (Å²) in [4.78, 5) is 0.0162. The van der Waals surface area contributed by atoms with Crippen molar-refractivity contribution in [3.8, 4) is 11.5 Å². The van der Waals surface area contributed by atoms with Crippen molar-refractivity contribution in [2.75, 3.05) is 6.54 Å². The Kier molecular flexibility index (Phi) is 5.15. The monoisotopic (exact) mass is 375 g/mol. The summed E-state index contributed by atoms with van der Waals surface area (Å²) in [7, 11) is -3.73. The van der Waals surface area contributed by atoms with Crippen LogP contribution in [0.4, 0.5) is 4.39 Å². The van der Waals surface area contributed by atoms with Gasteiger partial charge in [0.1, 0.15) is 5.82 Å². The van der Waals surface area contributed by atoms with Crippen LogP contribution in [0, 0.1) is 19.7 Å². The van der Waals surface area contributed by atoms with E-state index >= 15 is 0 Å². The Bertz CT molecular complexity index is 1030. The Labute approximate surface area is 151 Å². The summed E-state index contributed by atoms with van der Waals surface area (Å²) >= 11 is 0. The van der Waals surface area contributed by atoms with E-state index in [-0.39, 0.29) is 23.4 Å². The molecule has 3 rings (SSSR count). The molecule has 0 aliphatic carbocycles. The molecule has 0 aliphatic rings. The lowest BCUT2D eigenvalue weighted by Gasteiger charge is -2.06. The van der Waals surface area contributed by atoms with E-state index in [1.54, 1.807) is 0 Å². The van der Waals surface area contributed by atoms with Gasteiger partial charge in [-0.1, -0.05) is 18.2 Å². The number of aryl methyl sites for hydroxylation is 2. The molecule has 0 spiro atoms. The predicted molar refractivity (Wildman–Crippen MR) is 94.5 cm³/mol. The van der Waals surface area contributed by atoms with Crippen LogP contribution >= 0.6 is 0 Å². The zero-order valence-corrected chi connectivity index (χ0v) is 15.2. The van der Waals surface area contributed by atoms with Gasteiger partial charge in [0.15, 0.2) is 0 Å². The largest absolute Gasteiger partial charge is 0.421 e. The average Bonchev–Trinajstić information content (AvgIpc) is 3.06. The zero-order valence-electron chi connectivity index (χ0n) is 14.4. The third-order valence-corrected chi connectivity index (χ3v) is 5.37.